The molecular weight excluding hydrogens is 329 g/mol. The monoisotopic (exact) mass is 352 g/mol. The number of Topliss-reactive ketones (excluding diaryl/α,β-unsaturated/α-hetero) is 1. The minimum atomic E-state index is -4.33. The first-order valence-corrected chi connectivity index (χ1v) is 8.16. The van der Waals surface area contributed by atoms with Gasteiger partial charge in [-0.3, -0.25) is 4.79 Å². The maximum Gasteiger partial charge on any atom is 0.411 e. The van der Waals surface area contributed by atoms with Gasteiger partial charge in [0.1, 0.15) is 23.9 Å². The molecule has 3 aliphatic rings. The second-order valence-electron chi connectivity index (χ2n) is 7.24. The van der Waals surface area contributed by atoms with Gasteiger partial charge in [0, 0.05) is 19.6 Å². The lowest BCUT2D eigenvalue weighted by molar-refractivity contribution is -0.174. The molecule has 24 heavy (non-hydrogen) atoms. The van der Waals surface area contributed by atoms with Crippen LogP contribution in [0.3, 0.4) is 0 Å². The Hall–Kier alpha value is -0.700. The summed E-state index contributed by atoms with van der Waals surface area (Å²) in [5.74, 6) is -0.344. The Balaban J connectivity index is 1.62. The number of carbonyl (C=O) groups excluding carboxylic acids is 1. The molecule has 3 rings (SSSR count). The average molecular weight is 352 g/mol. The Morgan fingerprint density at radius 3 is 2.58 bits per heavy atom. The van der Waals surface area contributed by atoms with Crippen molar-refractivity contribution in [2.24, 2.45) is 11.8 Å². The Bertz CT molecular complexity index is 504. The fraction of sp³-hybridized carbons (Fsp3) is 0.938. The fourth-order valence-corrected chi connectivity index (χ4v) is 4.20. The van der Waals surface area contributed by atoms with Crippen molar-refractivity contribution in [1.82, 2.24) is 0 Å². The zero-order valence-corrected chi connectivity index (χ0v) is 14.0. The largest absolute Gasteiger partial charge is 0.411 e. The molecule has 2 saturated heterocycles. The molecule has 0 bridgehead atoms. The van der Waals surface area contributed by atoms with E-state index in [1.807, 2.05) is 13.8 Å². The molecule has 1 aliphatic carbocycles. The van der Waals surface area contributed by atoms with Gasteiger partial charge in [-0.05, 0) is 19.8 Å². The lowest BCUT2D eigenvalue weighted by Gasteiger charge is -2.40. The minimum absolute atomic E-state index is 0.0346. The number of rotatable bonds is 6. The van der Waals surface area contributed by atoms with Crippen LogP contribution in [0.25, 0.3) is 0 Å². The highest BCUT2D eigenvalue weighted by Gasteiger charge is 2.72. The van der Waals surface area contributed by atoms with Gasteiger partial charge in [-0.25, -0.2) is 0 Å². The third kappa shape index (κ3) is 3.21. The summed E-state index contributed by atoms with van der Waals surface area (Å²) >= 11 is 0. The summed E-state index contributed by atoms with van der Waals surface area (Å²) in [4.78, 5) is 12.4. The van der Waals surface area contributed by atoms with E-state index in [9.17, 15) is 18.0 Å². The predicted molar refractivity (Wildman–Crippen MR) is 76.5 cm³/mol. The molecule has 1 unspecified atom stereocenters. The summed E-state index contributed by atoms with van der Waals surface area (Å²) in [7, 11) is 1.50. The lowest BCUT2D eigenvalue weighted by Crippen LogP contribution is -2.55. The maximum absolute atomic E-state index is 12.4. The number of alkyl halides is 3. The molecule has 3 fully saturated rings. The van der Waals surface area contributed by atoms with Crippen LogP contribution in [0.4, 0.5) is 13.2 Å². The van der Waals surface area contributed by atoms with Gasteiger partial charge in [-0.15, -0.1) is 0 Å². The summed E-state index contributed by atoms with van der Waals surface area (Å²) in [5.41, 5.74) is -1.04. The van der Waals surface area contributed by atoms with Crippen LogP contribution < -0.4 is 0 Å². The molecule has 6 atom stereocenters. The van der Waals surface area contributed by atoms with E-state index in [0.29, 0.717) is 19.4 Å². The van der Waals surface area contributed by atoms with Crippen molar-refractivity contribution in [2.45, 2.75) is 56.3 Å². The third-order valence-electron chi connectivity index (χ3n) is 5.44. The number of ether oxygens (including phenoxy) is 4. The summed E-state index contributed by atoms with van der Waals surface area (Å²) in [6.45, 7) is 3.01. The smallest absolute Gasteiger partial charge is 0.373 e. The zero-order valence-electron chi connectivity index (χ0n) is 14.0. The van der Waals surface area contributed by atoms with Crippen molar-refractivity contribution in [3.63, 3.8) is 0 Å². The molecule has 0 amide bonds. The first-order chi connectivity index (χ1) is 11.1. The van der Waals surface area contributed by atoms with Crippen LogP contribution in [0.15, 0.2) is 0 Å². The zero-order chi connectivity index (χ0) is 17.8. The standard InChI is InChI=1S/C16H23F3O5/c1-9-6-15(7-23-15)13(12(21-3)11(9)20)14(2)10(24-14)4-5-22-8-16(17,18)19/h9-10,12-13H,4-8H2,1-3H3/t9-,10+,12+,13+,14?,15-/m0/s1. The van der Waals surface area contributed by atoms with Gasteiger partial charge in [-0.1, -0.05) is 6.92 Å². The van der Waals surface area contributed by atoms with Crippen LogP contribution in [-0.2, 0) is 23.7 Å². The Kier molecular flexibility index (Phi) is 4.47. The van der Waals surface area contributed by atoms with Gasteiger partial charge < -0.3 is 18.9 Å². The van der Waals surface area contributed by atoms with Crippen molar-refractivity contribution in [2.75, 3.05) is 26.9 Å². The van der Waals surface area contributed by atoms with Crippen LogP contribution in [0, 0.1) is 11.8 Å². The highest BCUT2D eigenvalue weighted by atomic mass is 19.4. The molecule has 5 nitrogen and oxygen atoms in total. The topological polar surface area (TPSA) is 60.6 Å². The van der Waals surface area contributed by atoms with E-state index < -0.39 is 30.1 Å². The van der Waals surface area contributed by atoms with Crippen LogP contribution in [-0.4, -0.2) is 62.3 Å². The first-order valence-electron chi connectivity index (χ1n) is 8.16. The number of epoxide rings is 2. The van der Waals surface area contributed by atoms with Gasteiger partial charge in [0.15, 0.2) is 5.78 Å². The Morgan fingerprint density at radius 1 is 1.38 bits per heavy atom. The molecule has 0 aromatic carbocycles. The van der Waals surface area contributed by atoms with Crippen LogP contribution >= 0.6 is 0 Å². The molecule has 0 aromatic rings. The molecular formula is C16H23F3O5. The normalized spacial score (nSPS) is 44.8. The average Bonchev–Trinajstić information content (AvgIpc) is 3.37. The highest BCUT2D eigenvalue weighted by Crippen LogP contribution is 2.59. The molecule has 0 radical (unpaired) electrons. The van der Waals surface area contributed by atoms with Gasteiger partial charge in [0.2, 0.25) is 0 Å². The second kappa shape index (κ2) is 5.93. The number of hydrogen-bond donors (Lipinski definition) is 0. The first kappa shape index (κ1) is 18.1. The van der Waals surface area contributed by atoms with Gasteiger partial charge >= 0.3 is 6.18 Å². The van der Waals surface area contributed by atoms with E-state index in [1.54, 1.807) is 0 Å². The predicted octanol–water partition coefficient (Wildman–Crippen LogP) is 2.12. The number of carbonyl (C=O) groups is 1. The second-order valence-corrected chi connectivity index (χ2v) is 7.24. The van der Waals surface area contributed by atoms with Crippen molar-refractivity contribution in [3.05, 3.63) is 0 Å². The van der Waals surface area contributed by atoms with Crippen LogP contribution in [0.2, 0.25) is 0 Å². The number of halogens is 3. The van der Waals surface area contributed by atoms with Gasteiger partial charge in [0.25, 0.3) is 0 Å². The van der Waals surface area contributed by atoms with E-state index in [0.717, 1.165) is 0 Å². The van der Waals surface area contributed by atoms with Gasteiger partial charge in [-0.2, -0.15) is 13.2 Å². The van der Waals surface area contributed by atoms with Crippen LogP contribution in [0.5, 0.6) is 0 Å². The molecule has 8 heteroatoms. The molecule has 1 saturated carbocycles. The number of methoxy groups -OCH3 is 1. The highest BCUT2D eigenvalue weighted by molar-refractivity contribution is 5.87. The van der Waals surface area contributed by atoms with E-state index in [-0.39, 0.29) is 30.3 Å². The Morgan fingerprint density at radius 2 is 2.04 bits per heavy atom. The number of hydrogen-bond acceptors (Lipinski definition) is 5. The quantitative estimate of drug-likeness (QED) is 0.541. The van der Waals surface area contributed by atoms with Crippen LogP contribution in [0.1, 0.15) is 26.7 Å². The van der Waals surface area contributed by atoms with Gasteiger partial charge in [0.05, 0.1) is 18.6 Å². The third-order valence-corrected chi connectivity index (χ3v) is 5.44. The number of ketones is 1. The molecule has 0 aromatic heterocycles. The minimum Gasteiger partial charge on any atom is -0.373 e. The SMILES string of the molecule is CO[C@@H]1C(=O)[C@@H](C)C[C@]2(CO2)[C@H]1C1(C)O[C@@H]1CCOCC(F)(F)F. The maximum atomic E-state index is 12.4. The van der Waals surface area contributed by atoms with Crippen molar-refractivity contribution >= 4 is 5.78 Å². The molecule has 1 spiro atoms. The van der Waals surface area contributed by atoms with E-state index >= 15 is 0 Å². The van der Waals surface area contributed by atoms with E-state index in [1.165, 1.54) is 7.11 Å². The lowest BCUT2D eigenvalue weighted by atomic mass is 9.66. The molecule has 2 heterocycles. The summed E-state index contributed by atoms with van der Waals surface area (Å²) in [6, 6.07) is 0. The van der Waals surface area contributed by atoms with E-state index in [4.69, 9.17) is 14.2 Å². The molecule has 2 aliphatic heterocycles. The van der Waals surface area contributed by atoms with E-state index in [2.05, 4.69) is 4.74 Å². The summed E-state index contributed by atoms with van der Waals surface area (Å²) < 4.78 is 57.9. The fourth-order valence-electron chi connectivity index (χ4n) is 4.20. The van der Waals surface area contributed by atoms with Crippen molar-refractivity contribution in [1.29, 1.82) is 0 Å². The molecule has 0 N–H and O–H groups in total. The Labute approximate surface area is 138 Å². The molecule has 138 valence electrons. The van der Waals surface area contributed by atoms with Crippen molar-refractivity contribution < 1.29 is 36.9 Å². The summed E-state index contributed by atoms with van der Waals surface area (Å²) in [5, 5.41) is 0. The summed E-state index contributed by atoms with van der Waals surface area (Å²) in [6.07, 6.45) is -4.21. The van der Waals surface area contributed by atoms with Crippen molar-refractivity contribution in [3.8, 4) is 0 Å².